The summed E-state index contributed by atoms with van der Waals surface area (Å²) in [6.07, 6.45) is 0.942. The summed E-state index contributed by atoms with van der Waals surface area (Å²) in [5.41, 5.74) is 2.38. The van der Waals surface area contributed by atoms with Crippen molar-refractivity contribution >= 4 is 17.4 Å². The van der Waals surface area contributed by atoms with Crippen LogP contribution < -0.4 is 14.8 Å². The molecular formula is C20H23NO4. The monoisotopic (exact) mass is 341 g/mol. The molecule has 2 aromatic carbocycles. The smallest absolute Gasteiger partial charge is 0.224 e. The van der Waals surface area contributed by atoms with Crippen molar-refractivity contribution in [3.63, 3.8) is 0 Å². The number of anilines is 1. The number of nitrogens with one attached hydrogen (secondary N) is 1. The van der Waals surface area contributed by atoms with Crippen LogP contribution in [0.2, 0.25) is 0 Å². The Balaban J connectivity index is 1.77. The lowest BCUT2D eigenvalue weighted by Crippen LogP contribution is -2.13. The Hall–Kier alpha value is -2.82. The first-order chi connectivity index (χ1) is 12.0. The topological polar surface area (TPSA) is 64.6 Å². The van der Waals surface area contributed by atoms with Crippen LogP contribution in [0.4, 0.5) is 5.69 Å². The Morgan fingerprint density at radius 1 is 1.08 bits per heavy atom. The van der Waals surface area contributed by atoms with Crippen LogP contribution in [-0.4, -0.2) is 25.4 Å². The summed E-state index contributed by atoms with van der Waals surface area (Å²) in [7, 11) is 1.57. The number of hydrogen-bond acceptors (Lipinski definition) is 4. The highest BCUT2D eigenvalue weighted by atomic mass is 16.5. The van der Waals surface area contributed by atoms with Gasteiger partial charge < -0.3 is 14.8 Å². The van der Waals surface area contributed by atoms with Gasteiger partial charge in [0.05, 0.1) is 19.4 Å². The number of carbonyl (C=O) groups excluding carboxylic acids is 2. The SMILES string of the molecule is COc1ccc(C)cc1NC(=O)CCCOc1ccc(C(C)=O)cc1. The second-order valence-electron chi connectivity index (χ2n) is 5.78. The Labute approximate surface area is 148 Å². The molecule has 0 aliphatic heterocycles. The summed E-state index contributed by atoms with van der Waals surface area (Å²) in [4.78, 5) is 23.3. The number of rotatable bonds is 8. The van der Waals surface area contributed by atoms with Crippen LogP contribution in [0.1, 0.15) is 35.7 Å². The van der Waals surface area contributed by atoms with Gasteiger partial charge in [-0.3, -0.25) is 9.59 Å². The number of methoxy groups -OCH3 is 1. The first-order valence-corrected chi connectivity index (χ1v) is 8.18. The molecule has 0 bridgehead atoms. The maximum atomic E-state index is 12.1. The van der Waals surface area contributed by atoms with Crippen LogP contribution in [-0.2, 0) is 4.79 Å². The molecule has 0 radical (unpaired) electrons. The molecule has 0 saturated heterocycles. The van der Waals surface area contributed by atoms with Gasteiger partial charge in [0.2, 0.25) is 5.91 Å². The van der Waals surface area contributed by atoms with Gasteiger partial charge in [0, 0.05) is 12.0 Å². The fourth-order valence-electron chi connectivity index (χ4n) is 2.34. The molecule has 5 nitrogen and oxygen atoms in total. The Morgan fingerprint density at radius 3 is 2.44 bits per heavy atom. The molecule has 132 valence electrons. The maximum Gasteiger partial charge on any atom is 0.224 e. The van der Waals surface area contributed by atoms with E-state index in [1.54, 1.807) is 31.4 Å². The third-order valence-corrected chi connectivity index (χ3v) is 3.71. The van der Waals surface area contributed by atoms with E-state index in [0.717, 1.165) is 5.56 Å². The first-order valence-electron chi connectivity index (χ1n) is 8.18. The van der Waals surface area contributed by atoms with Crippen LogP contribution in [0.25, 0.3) is 0 Å². The van der Waals surface area contributed by atoms with Crippen molar-refractivity contribution in [2.75, 3.05) is 19.0 Å². The zero-order valence-corrected chi connectivity index (χ0v) is 14.8. The number of hydrogen-bond donors (Lipinski definition) is 1. The quantitative estimate of drug-likeness (QED) is 0.582. The molecule has 25 heavy (non-hydrogen) atoms. The number of aryl methyl sites for hydroxylation is 1. The van der Waals surface area contributed by atoms with Gasteiger partial charge in [-0.25, -0.2) is 0 Å². The van der Waals surface area contributed by atoms with E-state index >= 15 is 0 Å². The molecule has 2 rings (SSSR count). The largest absolute Gasteiger partial charge is 0.495 e. The van der Waals surface area contributed by atoms with Gasteiger partial charge in [-0.1, -0.05) is 6.07 Å². The molecule has 0 unspecified atom stereocenters. The molecule has 5 heteroatoms. The highest BCUT2D eigenvalue weighted by Crippen LogP contribution is 2.25. The molecule has 0 aliphatic rings. The zero-order chi connectivity index (χ0) is 18.2. The lowest BCUT2D eigenvalue weighted by Gasteiger charge is -2.11. The summed E-state index contributed by atoms with van der Waals surface area (Å²) in [5.74, 6) is 1.26. The number of ether oxygens (including phenoxy) is 2. The van der Waals surface area contributed by atoms with E-state index in [9.17, 15) is 9.59 Å². The molecule has 0 aliphatic carbocycles. The predicted molar refractivity (Wildman–Crippen MR) is 97.5 cm³/mol. The predicted octanol–water partition coefficient (Wildman–Crippen LogP) is 4.00. The van der Waals surface area contributed by atoms with Gasteiger partial charge in [-0.05, 0) is 62.2 Å². The number of ketones is 1. The van der Waals surface area contributed by atoms with Gasteiger partial charge in [0.1, 0.15) is 11.5 Å². The van der Waals surface area contributed by atoms with Crippen molar-refractivity contribution in [2.24, 2.45) is 0 Å². The standard InChI is InChI=1S/C20H23NO4/c1-14-6-11-19(24-3)18(13-14)21-20(23)5-4-12-25-17-9-7-16(8-10-17)15(2)22/h6-11,13H,4-5,12H2,1-3H3,(H,21,23). The van der Waals surface area contributed by atoms with E-state index in [0.29, 0.717) is 42.2 Å². The second kappa shape index (κ2) is 8.87. The minimum Gasteiger partial charge on any atom is -0.495 e. The normalized spacial score (nSPS) is 10.2. The molecule has 0 spiro atoms. The Bertz CT molecular complexity index is 738. The summed E-state index contributed by atoms with van der Waals surface area (Å²) < 4.78 is 10.8. The van der Waals surface area contributed by atoms with Gasteiger partial charge in [0.15, 0.2) is 5.78 Å². The summed E-state index contributed by atoms with van der Waals surface area (Å²) in [6, 6.07) is 12.6. The third kappa shape index (κ3) is 5.64. The fraction of sp³-hybridized carbons (Fsp3) is 0.300. The summed E-state index contributed by atoms with van der Waals surface area (Å²) >= 11 is 0. The molecule has 1 amide bonds. The van der Waals surface area contributed by atoms with E-state index in [-0.39, 0.29) is 11.7 Å². The van der Waals surface area contributed by atoms with E-state index < -0.39 is 0 Å². The van der Waals surface area contributed by atoms with Crippen molar-refractivity contribution in [3.8, 4) is 11.5 Å². The lowest BCUT2D eigenvalue weighted by atomic mass is 10.1. The van der Waals surface area contributed by atoms with Crippen LogP contribution in [0, 0.1) is 6.92 Å². The van der Waals surface area contributed by atoms with Gasteiger partial charge in [-0.15, -0.1) is 0 Å². The van der Waals surface area contributed by atoms with Crippen molar-refractivity contribution in [1.29, 1.82) is 0 Å². The van der Waals surface area contributed by atoms with Crippen molar-refractivity contribution < 1.29 is 19.1 Å². The van der Waals surface area contributed by atoms with Crippen molar-refractivity contribution in [1.82, 2.24) is 0 Å². The van der Waals surface area contributed by atoms with E-state index in [1.165, 1.54) is 6.92 Å². The highest BCUT2D eigenvalue weighted by Gasteiger charge is 2.08. The third-order valence-electron chi connectivity index (χ3n) is 3.71. The lowest BCUT2D eigenvalue weighted by molar-refractivity contribution is -0.116. The molecule has 0 heterocycles. The molecule has 2 aromatic rings. The molecular weight excluding hydrogens is 318 g/mol. The second-order valence-corrected chi connectivity index (χ2v) is 5.78. The van der Waals surface area contributed by atoms with E-state index in [4.69, 9.17) is 9.47 Å². The van der Waals surface area contributed by atoms with Gasteiger partial charge in [-0.2, -0.15) is 0 Å². The zero-order valence-electron chi connectivity index (χ0n) is 14.8. The summed E-state index contributed by atoms with van der Waals surface area (Å²) in [5, 5.41) is 2.86. The average Bonchev–Trinajstić information content (AvgIpc) is 2.59. The molecule has 0 atom stereocenters. The number of carbonyl (C=O) groups is 2. The minimum atomic E-state index is -0.0839. The molecule has 0 saturated carbocycles. The Morgan fingerprint density at radius 2 is 1.80 bits per heavy atom. The van der Waals surface area contributed by atoms with Crippen LogP contribution in [0.15, 0.2) is 42.5 Å². The summed E-state index contributed by atoms with van der Waals surface area (Å²) in [6.45, 7) is 3.91. The number of Topliss-reactive ketones (excluding diaryl/α,β-unsaturated/α-hetero) is 1. The maximum absolute atomic E-state index is 12.1. The highest BCUT2D eigenvalue weighted by molar-refractivity contribution is 5.94. The average molecular weight is 341 g/mol. The van der Waals surface area contributed by atoms with Crippen molar-refractivity contribution in [2.45, 2.75) is 26.7 Å². The fourth-order valence-corrected chi connectivity index (χ4v) is 2.34. The van der Waals surface area contributed by atoms with E-state index in [2.05, 4.69) is 5.32 Å². The van der Waals surface area contributed by atoms with Crippen LogP contribution in [0.3, 0.4) is 0 Å². The number of amides is 1. The van der Waals surface area contributed by atoms with Gasteiger partial charge in [0.25, 0.3) is 0 Å². The molecule has 0 aromatic heterocycles. The number of benzene rings is 2. The van der Waals surface area contributed by atoms with Gasteiger partial charge >= 0.3 is 0 Å². The molecule has 0 fully saturated rings. The Kier molecular flexibility index (Phi) is 6.57. The first kappa shape index (κ1) is 18.5. The molecule has 1 N–H and O–H groups in total. The van der Waals surface area contributed by atoms with Crippen LogP contribution >= 0.6 is 0 Å². The van der Waals surface area contributed by atoms with E-state index in [1.807, 2.05) is 25.1 Å². The minimum absolute atomic E-state index is 0.0230. The van der Waals surface area contributed by atoms with Crippen molar-refractivity contribution in [3.05, 3.63) is 53.6 Å². The van der Waals surface area contributed by atoms with Crippen LogP contribution in [0.5, 0.6) is 11.5 Å².